The van der Waals surface area contributed by atoms with Gasteiger partial charge in [0.05, 0.1) is 13.0 Å². The Morgan fingerprint density at radius 2 is 1.91 bits per heavy atom. The minimum atomic E-state index is 0.0162. The van der Waals surface area contributed by atoms with E-state index in [9.17, 15) is 4.79 Å². The van der Waals surface area contributed by atoms with Crippen LogP contribution in [0.2, 0.25) is 0 Å². The van der Waals surface area contributed by atoms with E-state index in [0.717, 1.165) is 49.8 Å². The Balaban J connectivity index is 1.30. The molecule has 172 valence electrons. The predicted octanol–water partition coefficient (Wildman–Crippen LogP) is 3.91. The Kier molecular flexibility index (Phi) is 7.09. The van der Waals surface area contributed by atoms with Crippen LogP contribution in [0.15, 0.2) is 41.5 Å². The predicted molar refractivity (Wildman–Crippen MR) is 127 cm³/mol. The van der Waals surface area contributed by atoms with Gasteiger partial charge in [-0.2, -0.15) is 0 Å². The molecular weight excluding hydrogens is 398 g/mol. The molecule has 0 radical (unpaired) electrons. The molecule has 1 aliphatic heterocycles. The van der Waals surface area contributed by atoms with Crippen LogP contribution in [-0.4, -0.2) is 45.2 Å². The van der Waals surface area contributed by atoms with Gasteiger partial charge in [0, 0.05) is 32.6 Å². The molecule has 1 aromatic carbocycles. The van der Waals surface area contributed by atoms with Crippen molar-refractivity contribution in [1.82, 2.24) is 25.0 Å². The number of rotatable bonds is 7. The molecule has 0 unspecified atom stereocenters. The van der Waals surface area contributed by atoms with E-state index < -0.39 is 0 Å². The summed E-state index contributed by atoms with van der Waals surface area (Å²) in [5.41, 5.74) is 4.65. The average molecular weight is 436 g/mol. The number of allylic oxidation sites excluding steroid dienone is 1. The summed E-state index contributed by atoms with van der Waals surface area (Å²) in [5, 5.41) is 11.8. The lowest BCUT2D eigenvalue weighted by atomic mass is 9.71. The summed E-state index contributed by atoms with van der Waals surface area (Å²) < 4.78 is 2.21. The average Bonchev–Trinajstić information content (AvgIpc) is 3.03. The van der Waals surface area contributed by atoms with Gasteiger partial charge in [-0.05, 0) is 43.6 Å². The van der Waals surface area contributed by atoms with Gasteiger partial charge in [0.1, 0.15) is 5.82 Å². The third-order valence-corrected chi connectivity index (χ3v) is 7.21. The normalized spacial score (nSPS) is 18.8. The monoisotopic (exact) mass is 435 g/mol. The molecule has 0 atom stereocenters. The van der Waals surface area contributed by atoms with Crippen molar-refractivity contribution in [2.75, 3.05) is 19.6 Å². The van der Waals surface area contributed by atoms with Crippen molar-refractivity contribution >= 4 is 5.91 Å². The molecule has 32 heavy (non-hydrogen) atoms. The molecule has 1 aromatic heterocycles. The van der Waals surface area contributed by atoms with E-state index in [1.165, 1.54) is 25.7 Å². The highest BCUT2D eigenvalue weighted by Crippen LogP contribution is 2.41. The highest BCUT2D eigenvalue weighted by atomic mass is 16.1. The zero-order chi connectivity index (χ0) is 22.6. The van der Waals surface area contributed by atoms with Crippen LogP contribution in [0, 0.1) is 5.41 Å². The van der Waals surface area contributed by atoms with E-state index in [0.29, 0.717) is 18.4 Å². The van der Waals surface area contributed by atoms with Gasteiger partial charge < -0.3 is 14.8 Å². The topological polar surface area (TPSA) is 63.1 Å². The third-order valence-electron chi connectivity index (χ3n) is 7.21. The van der Waals surface area contributed by atoms with E-state index in [1.807, 2.05) is 30.3 Å². The van der Waals surface area contributed by atoms with Crippen LogP contribution in [0.4, 0.5) is 0 Å². The maximum Gasteiger partial charge on any atom is 0.224 e. The number of hydrogen-bond donors (Lipinski definition) is 1. The van der Waals surface area contributed by atoms with Gasteiger partial charge in [-0.3, -0.25) is 4.79 Å². The largest absolute Gasteiger partial charge is 0.349 e. The third kappa shape index (κ3) is 5.47. The van der Waals surface area contributed by atoms with Gasteiger partial charge in [0.25, 0.3) is 0 Å². The summed E-state index contributed by atoms with van der Waals surface area (Å²) in [6, 6.07) is 9.83. The molecule has 1 N–H and O–H groups in total. The molecule has 0 saturated carbocycles. The van der Waals surface area contributed by atoms with Crippen molar-refractivity contribution in [2.24, 2.45) is 5.41 Å². The number of carbonyl (C=O) groups excluding carboxylic acids is 1. The maximum atomic E-state index is 12.3. The van der Waals surface area contributed by atoms with Gasteiger partial charge >= 0.3 is 0 Å². The second kappa shape index (κ2) is 9.99. The van der Waals surface area contributed by atoms with Gasteiger partial charge in [0.15, 0.2) is 5.82 Å². The highest BCUT2D eigenvalue weighted by Gasteiger charge is 2.28. The number of aromatic nitrogens is 3. The Labute approximate surface area is 192 Å². The molecule has 0 saturated heterocycles. The highest BCUT2D eigenvalue weighted by molar-refractivity contribution is 5.78. The molecule has 2 aliphatic rings. The summed E-state index contributed by atoms with van der Waals surface area (Å²) in [4.78, 5) is 14.9. The van der Waals surface area contributed by atoms with Crippen molar-refractivity contribution in [3.05, 3.63) is 58.7 Å². The van der Waals surface area contributed by atoms with Crippen molar-refractivity contribution < 1.29 is 4.79 Å². The quantitative estimate of drug-likeness (QED) is 0.670. The van der Waals surface area contributed by atoms with Crippen LogP contribution < -0.4 is 5.32 Å². The molecule has 0 spiro atoms. The fraction of sp³-hybridized carbons (Fsp3) is 0.577. The van der Waals surface area contributed by atoms with Crippen molar-refractivity contribution in [3.63, 3.8) is 0 Å². The van der Waals surface area contributed by atoms with E-state index >= 15 is 0 Å². The fourth-order valence-corrected chi connectivity index (χ4v) is 5.30. The number of fused-ring (bicyclic) bond motifs is 1. The first-order valence-corrected chi connectivity index (χ1v) is 12.1. The zero-order valence-corrected chi connectivity index (χ0v) is 19.9. The number of carbonyl (C=O) groups is 1. The molecule has 2 heterocycles. The lowest BCUT2D eigenvalue weighted by Gasteiger charge is -2.35. The molecule has 1 amide bonds. The van der Waals surface area contributed by atoms with E-state index in [-0.39, 0.29) is 5.91 Å². The van der Waals surface area contributed by atoms with Crippen LogP contribution in [0.5, 0.6) is 0 Å². The molecule has 1 aliphatic carbocycles. The van der Waals surface area contributed by atoms with Crippen molar-refractivity contribution in [2.45, 2.75) is 72.4 Å². The molecule has 2 aromatic rings. The molecule has 4 rings (SSSR count). The maximum absolute atomic E-state index is 12.3. The first-order chi connectivity index (χ1) is 15.4. The number of nitrogens with one attached hydrogen (secondary N) is 1. The van der Waals surface area contributed by atoms with Crippen molar-refractivity contribution in [1.29, 1.82) is 0 Å². The molecule has 0 bridgehead atoms. The minimum Gasteiger partial charge on any atom is -0.349 e. The van der Waals surface area contributed by atoms with E-state index in [2.05, 4.69) is 45.8 Å². The number of hydrogen-bond acceptors (Lipinski definition) is 4. The Morgan fingerprint density at radius 1 is 1.09 bits per heavy atom. The zero-order valence-electron chi connectivity index (χ0n) is 19.9. The Hall–Kier alpha value is -2.47. The fourth-order valence-electron chi connectivity index (χ4n) is 5.30. The molecule has 6 nitrogen and oxygen atoms in total. The first kappa shape index (κ1) is 22.7. The van der Waals surface area contributed by atoms with Gasteiger partial charge in [-0.1, -0.05) is 55.3 Å². The number of nitrogens with zero attached hydrogens (tertiary/aromatic N) is 4. The van der Waals surface area contributed by atoms with Gasteiger partial charge in [-0.25, -0.2) is 0 Å². The van der Waals surface area contributed by atoms with Crippen molar-refractivity contribution in [3.8, 4) is 0 Å². The minimum absolute atomic E-state index is 0.0162. The van der Waals surface area contributed by atoms with E-state index in [1.54, 1.807) is 11.1 Å². The van der Waals surface area contributed by atoms with Crippen LogP contribution in [0.1, 0.15) is 63.7 Å². The van der Waals surface area contributed by atoms with Crippen LogP contribution in [0.3, 0.4) is 0 Å². The van der Waals surface area contributed by atoms with Gasteiger partial charge in [-0.15, -0.1) is 10.2 Å². The SMILES string of the molecule is CC1=C(CCN2CCc3nnc(CNC(=O)Cc4ccccc4)n3CC2)C(C)(C)CCC1. The Morgan fingerprint density at radius 3 is 2.69 bits per heavy atom. The number of benzene rings is 1. The summed E-state index contributed by atoms with van der Waals surface area (Å²) in [5.74, 6) is 1.91. The standard InChI is InChI=1S/C26H37N5O/c1-20-8-7-13-26(2,3)22(20)11-14-30-15-12-23-28-29-24(31(23)17-16-30)19-27-25(32)18-21-9-5-4-6-10-21/h4-6,9-10H,7-8,11-19H2,1-3H3,(H,27,32). The Bertz CT molecular complexity index is 960. The lowest BCUT2D eigenvalue weighted by Crippen LogP contribution is -2.31. The van der Waals surface area contributed by atoms with Crippen LogP contribution in [0.25, 0.3) is 0 Å². The summed E-state index contributed by atoms with van der Waals surface area (Å²) in [7, 11) is 0. The first-order valence-electron chi connectivity index (χ1n) is 12.1. The number of amides is 1. The lowest BCUT2D eigenvalue weighted by molar-refractivity contribution is -0.120. The van der Waals surface area contributed by atoms with Crippen LogP contribution >= 0.6 is 0 Å². The second-order valence-corrected chi connectivity index (χ2v) is 9.96. The molecular formula is C26H37N5O. The summed E-state index contributed by atoms with van der Waals surface area (Å²) >= 11 is 0. The smallest absolute Gasteiger partial charge is 0.224 e. The van der Waals surface area contributed by atoms with Gasteiger partial charge in [0.2, 0.25) is 5.91 Å². The molecule has 6 heteroatoms. The van der Waals surface area contributed by atoms with Crippen LogP contribution in [-0.2, 0) is 30.7 Å². The second-order valence-electron chi connectivity index (χ2n) is 9.96. The summed E-state index contributed by atoms with van der Waals surface area (Å²) in [6.07, 6.45) is 6.36. The summed E-state index contributed by atoms with van der Waals surface area (Å²) in [6.45, 7) is 11.6. The molecule has 0 fully saturated rings. The van der Waals surface area contributed by atoms with E-state index in [4.69, 9.17) is 0 Å².